The lowest BCUT2D eigenvalue weighted by Crippen LogP contribution is -2.45. The highest BCUT2D eigenvalue weighted by Gasteiger charge is 2.29. The molecular formula is C12H25NO3S. The molecule has 0 aromatic heterocycles. The van der Waals surface area contributed by atoms with Crippen molar-refractivity contribution in [3.8, 4) is 0 Å². The molecule has 0 saturated heterocycles. The van der Waals surface area contributed by atoms with Gasteiger partial charge < -0.3 is 5.11 Å². The van der Waals surface area contributed by atoms with Gasteiger partial charge in [-0.25, -0.2) is 13.1 Å². The van der Waals surface area contributed by atoms with Crippen LogP contribution in [0.3, 0.4) is 0 Å². The largest absolute Gasteiger partial charge is 0.389 e. The van der Waals surface area contributed by atoms with Gasteiger partial charge in [-0.1, -0.05) is 33.1 Å². The van der Waals surface area contributed by atoms with Gasteiger partial charge in [0.15, 0.2) is 0 Å². The van der Waals surface area contributed by atoms with E-state index in [9.17, 15) is 13.5 Å². The van der Waals surface area contributed by atoms with Gasteiger partial charge in [0.1, 0.15) is 0 Å². The molecular weight excluding hydrogens is 238 g/mol. The van der Waals surface area contributed by atoms with Gasteiger partial charge >= 0.3 is 0 Å². The summed E-state index contributed by atoms with van der Waals surface area (Å²) >= 11 is 0. The molecule has 1 rings (SSSR count). The van der Waals surface area contributed by atoms with E-state index in [0.717, 1.165) is 12.8 Å². The Labute approximate surface area is 105 Å². The third-order valence-corrected chi connectivity index (χ3v) is 5.17. The van der Waals surface area contributed by atoms with E-state index in [0.29, 0.717) is 5.92 Å². The highest BCUT2D eigenvalue weighted by atomic mass is 32.2. The molecule has 2 N–H and O–H groups in total. The molecule has 0 radical (unpaired) electrons. The van der Waals surface area contributed by atoms with Crippen molar-refractivity contribution < 1.29 is 13.5 Å². The Bertz CT molecular complexity index is 334. The first-order chi connectivity index (χ1) is 7.77. The molecule has 1 aliphatic carbocycles. The van der Waals surface area contributed by atoms with Crippen LogP contribution in [-0.2, 0) is 10.0 Å². The fraction of sp³-hybridized carbons (Fsp3) is 1.00. The fourth-order valence-corrected chi connectivity index (χ4v) is 2.97. The van der Waals surface area contributed by atoms with Crippen LogP contribution in [0.2, 0.25) is 0 Å². The topological polar surface area (TPSA) is 66.4 Å². The van der Waals surface area contributed by atoms with Crippen LogP contribution >= 0.6 is 0 Å². The van der Waals surface area contributed by atoms with Crippen molar-refractivity contribution >= 4 is 10.0 Å². The summed E-state index contributed by atoms with van der Waals surface area (Å²) in [6.45, 7) is 5.71. The highest BCUT2D eigenvalue weighted by Crippen LogP contribution is 2.32. The normalized spacial score (nSPS) is 22.1. The van der Waals surface area contributed by atoms with E-state index >= 15 is 0 Å². The maximum atomic E-state index is 11.7. The summed E-state index contributed by atoms with van der Waals surface area (Å²) in [5.74, 6) is 0.879. The molecule has 0 aromatic rings. The summed E-state index contributed by atoms with van der Waals surface area (Å²) in [5, 5.41) is 10.1. The number of hydrogen-bond acceptors (Lipinski definition) is 3. The molecule has 1 aliphatic rings. The zero-order valence-corrected chi connectivity index (χ0v) is 11.9. The molecule has 0 aliphatic heterocycles. The van der Waals surface area contributed by atoms with Crippen LogP contribution in [-0.4, -0.2) is 31.4 Å². The quantitative estimate of drug-likeness (QED) is 0.697. The second-order valence-electron chi connectivity index (χ2n) is 5.54. The molecule has 1 fully saturated rings. The molecule has 0 spiro atoms. The van der Waals surface area contributed by atoms with Gasteiger partial charge in [0.05, 0.1) is 11.4 Å². The molecule has 17 heavy (non-hydrogen) atoms. The molecule has 102 valence electrons. The predicted octanol–water partition coefficient (Wildman–Crippen LogP) is 1.50. The van der Waals surface area contributed by atoms with E-state index in [1.165, 1.54) is 12.8 Å². The maximum Gasteiger partial charge on any atom is 0.211 e. The maximum absolute atomic E-state index is 11.7. The van der Waals surface area contributed by atoms with Gasteiger partial charge in [-0.15, -0.1) is 0 Å². The summed E-state index contributed by atoms with van der Waals surface area (Å²) in [5.41, 5.74) is -0.971. The third kappa shape index (κ3) is 5.36. The predicted molar refractivity (Wildman–Crippen MR) is 69.2 cm³/mol. The monoisotopic (exact) mass is 263 g/mol. The van der Waals surface area contributed by atoms with Crippen LogP contribution in [0.5, 0.6) is 0 Å². The number of nitrogens with one attached hydrogen (secondary N) is 1. The van der Waals surface area contributed by atoms with Crippen LogP contribution in [0, 0.1) is 11.8 Å². The third-order valence-electron chi connectivity index (χ3n) is 3.82. The van der Waals surface area contributed by atoms with Crippen LogP contribution in [0.4, 0.5) is 0 Å². The molecule has 5 heteroatoms. The minimum absolute atomic E-state index is 0.0774. The Kier molecular flexibility index (Phi) is 4.98. The lowest BCUT2D eigenvalue weighted by molar-refractivity contribution is 0.0102. The summed E-state index contributed by atoms with van der Waals surface area (Å²) in [6, 6.07) is 0. The van der Waals surface area contributed by atoms with Gasteiger partial charge in [-0.3, -0.25) is 0 Å². The summed E-state index contributed by atoms with van der Waals surface area (Å²) in [4.78, 5) is 0. The van der Waals surface area contributed by atoms with Crippen molar-refractivity contribution in [2.24, 2.45) is 11.8 Å². The first-order valence-corrected chi connectivity index (χ1v) is 8.12. The van der Waals surface area contributed by atoms with Crippen molar-refractivity contribution in [3.63, 3.8) is 0 Å². The van der Waals surface area contributed by atoms with Gasteiger partial charge in [0.2, 0.25) is 10.0 Å². The van der Waals surface area contributed by atoms with E-state index in [4.69, 9.17) is 0 Å². The van der Waals surface area contributed by atoms with Crippen molar-refractivity contribution in [3.05, 3.63) is 0 Å². The average Bonchev–Trinajstić information content (AvgIpc) is 3.07. The van der Waals surface area contributed by atoms with Crippen LogP contribution in [0.1, 0.15) is 46.5 Å². The molecule has 0 aromatic carbocycles. The Morgan fingerprint density at radius 3 is 2.53 bits per heavy atom. The molecule has 2 unspecified atom stereocenters. The van der Waals surface area contributed by atoms with Crippen molar-refractivity contribution in [2.45, 2.75) is 52.1 Å². The smallest absolute Gasteiger partial charge is 0.211 e. The van der Waals surface area contributed by atoms with Crippen LogP contribution in [0.15, 0.2) is 0 Å². The van der Waals surface area contributed by atoms with Crippen molar-refractivity contribution in [1.29, 1.82) is 0 Å². The molecule has 2 atom stereocenters. The lowest BCUT2D eigenvalue weighted by Gasteiger charge is -2.29. The summed E-state index contributed by atoms with van der Waals surface area (Å²) < 4.78 is 25.9. The van der Waals surface area contributed by atoms with E-state index in [-0.39, 0.29) is 18.2 Å². The van der Waals surface area contributed by atoms with Gasteiger partial charge in [0.25, 0.3) is 0 Å². The minimum Gasteiger partial charge on any atom is -0.389 e. The zero-order chi connectivity index (χ0) is 13.1. The number of rotatable bonds is 8. The SMILES string of the molecule is CCC(C)C(C)(O)CNS(=O)(=O)CCC1CC1. The minimum atomic E-state index is -3.22. The average molecular weight is 263 g/mol. The van der Waals surface area contributed by atoms with Gasteiger partial charge in [0, 0.05) is 6.54 Å². The van der Waals surface area contributed by atoms with Gasteiger partial charge in [-0.2, -0.15) is 0 Å². The highest BCUT2D eigenvalue weighted by molar-refractivity contribution is 7.89. The van der Waals surface area contributed by atoms with Crippen molar-refractivity contribution in [2.75, 3.05) is 12.3 Å². The molecule has 1 saturated carbocycles. The van der Waals surface area contributed by atoms with Gasteiger partial charge in [-0.05, 0) is 25.2 Å². The van der Waals surface area contributed by atoms with E-state index in [1.807, 2.05) is 13.8 Å². The second-order valence-corrected chi connectivity index (χ2v) is 7.46. The summed E-state index contributed by atoms with van der Waals surface area (Å²) in [7, 11) is -3.22. The zero-order valence-electron chi connectivity index (χ0n) is 11.1. The fourth-order valence-electron chi connectivity index (χ4n) is 1.67. The Hall–Kier alpha value is -0.130. The molecule has 0 bridgehead atoms. The van der Waals surface area contributed by atoms with E-state index in [1.54, 1.807) is 6.92 Å². The lowest BCUT2D eigenvalue weighted by atomic mass is 9.89. The number of sulfonamides is 1. The Balaban J connectivity index is 2.36. The summed E-state index contributed by atoms with van der Waals surface area (Å²) in [6.07, 6.45) is 3.91. The second kappa shape index (κ2) is 5.67. The van der Waals surface area contributed by atoms with Crippen LogP contribution < -0.4 is 4.72 Å². The molecule has 0 heterocycles. The van der Waals surface area contributed by atoms with E-state index in [2.05, 4.69) is 4.72 Å². The van der Waals surface area contributed by atoms with Crippen molar-refractivity contribution in [1.82, 2.24) is 4.72 Å². The van der Waals surface area contributed by atoms with Crippen LogP contribution in [0.25, 0.3) is 0 Å². The standard InChI is InChI=1S/C12H25NO3S/c1-4-10(2)12(3,14)9-13-17(15,16)8-7-11-5-6-11/h10-11,13-14H,4-9H2,1-3H3. The Morgan fingerprint density at radius 1 is 1.47 bits per heavy atom. The number of aliphatic hydroxyl groups is 1. The first kappa shape index (κ1) is 14.9. The Morgan fingerprint density at radius 2 is 2.06 bits per heavy atom. The number of hydrogen-bond donors (Lipinski definition) is 2. The molecule has 4 nitrogen and oxygen atoms in total. The van der Waals surface area contributed by atoms with E-state index < -0.39 is 15.6 Å². The molecule has 0 amide bonds. The first-order valence-electron chi connectivity index (χ1n) is 6.46.